The number of carbonyl (C=O) groups is 1. The minimum atomic E-state index is -0.998. The third-order valence-corrected chi connectivity index (χ3v) is 3.14. The van der Waals surface area contributed by atoms with Gasteiger partial charge in [0.15, 0.2) is 0 Å². The van der Waals surface area contributed by atoms with E-state index in [0.29, 0.717) is 16.9 Å². The van der Waals surface area contributed by atoms with Crippen LogP contribution >= 0.6 is 0 Å². The van der Waals surface area contributed by atoms with Crippen molar-refractivity contribution in [3.63, 3.8) is 0 Å². The molecule has 3 aromatic rings. The molecule has 104 valence electrons. The van der Waals surface area contributed by atoms with E-state index in [-0.39, 0.29) is 11.3 Å². The number of phenols is 1. The van der Waals surface area contributed by atoms with Crippen molar-refractivity contribution >= 4 is 16.7 Å². The van der Waals surface area contributed by atoms with Gasteiger partial charge in [0.1, 0.15) is 17.2 Å². The highest BCUT2D eigenvalue weighted by atomic mass is 16.5. The Hall–Kier alpha value is -3.01. The van der Waals surface area contributed by atoms with Crippen LogP contribution in [0.15, 0.2) is 60.7 Å². The van der Waals surface area contributed by atoms with Crippen molar-refractivity contribution in [2.75, 3.05) is 0 Å². The lowest BCUT2D eigenvalue weighted by Crippen LogP contribution is -1.98. The number of carboxylic acid groups (broad SMARTS) is 1. The molecule has 0 aromatic heterocycles. The molecule has 0 heterocycles. The van der Waals surface area contributed by atoms with Gasteiger partial charge in [-0.15, -0.1) is 0 Å². The number of benzene rings is 3. The number of ether oxygens (including phenoxy) is 1. The van der Waals surface area contributed by atoms with Crippen LogP contribution in [0.4, 0.5) is 0 Å². The summed E-state index contributed by atoms with van der Waals surface area (Å²) in [4.78, 5) is 11.4. The lowest BCUT2D eigenvalue weighted by atomic mass is 10.0. The van der Waals surface area contributed by atoms with Gasteiger partial charge in [0.05, 0.1) is 5.56 Å². The van der Waals surface area contributed by atoms with Crippen LogP contribution in [-0.4, -0.2) is 16.2 Å². The van der Waals surface area contributed by atoms with Crippen molar-refractivity contribution in [3.8, 4) is 17.2 Å². The van der Waals surface area contributed by atoms with E-state index >= 15 is 0 Å². The molecule has 0 unspecified atom stereocenters. The topological polar surface area (TPSA) is 66.8 Å². The van der Waals surface area contributed by atoms with E-state index in [9.17, 15) is 15.0 Å². The third kappa shape index (κ3) is 2.65. The lowest BCUT2D eigenvalue weighted by molar-refractivity contribution is 0.0698. The summed E-state index contributed by atoms with van der Waals surface area (Å²) in [5.74, 6) is 0.116. The molecular formula is C17H12O4. The molecular weight excluding hydrogens is 268 g/mol. The fourth-order valence-electron chi connectivity index (χ4n) is 2.17. The number of rotatable bonds is 3. The van der Waals surface area contributed by atoms with E-state index in [4.69, 9.17) is 4.74 Å². The number of hydrogen-bond acceptors (Lipinski definition) is 3. The molecule has 0 amide bonds. The van der Waals surface area contributed by atoms with Gasteiger partial charge in [-0.05, 0) is 47.2 Å². The monoisotopic (exact) mass is 280 g/mol. The van der Waals surface area contributed by atoms with E-state index in [0.717, 1.165) is 5.39 Å². The molecule has 0 saturated carbocycles. The highest BCUT2D eigenvalue weighted by Gasteiger charge is 2.11. The highest BCUT2D eigenvalue weighted by Crippen LogP contribution is 2.29. The van der Waals surface area contributed by atoms with Crippen molar-refractivity contribution < 1.29 is 19.7 Å². The number of aromatic hydroxyl groups is 1. The van der Waals surface area contributed by atoms with Gasteiger partial charge in [0, 0.05) is 0 Å². The smallest absolute Gasteiger partial charge is 0.336 e. The van der Waals surface area contributed by atoms with Crippen LogP contribution in [0.3, 0.4) is 0 Å². The zero-order chi connectivity index (χ0) is 14.8. The van der Waals surface area contributed by atoms with Crippen LogP contribution in [0.25, 0.3) is 10.8 Å². The summed E-state index contributed by atoms with van der Waals surface area (Å²) in [6, 6.07) is 16.8. The van der Waals surface area contributed by atoms with Crippen LogP contribution in [0.5, 0.6) is 17.2 Å². The van der Waals surface area contributed by atoms with Gasteiger partial charge in [0.2, 0.25) is 0 Å². The Labute approximate surface area is 120 Å². The van der Waals surface area contributed by atoms with Crippen LogP contribution in [-0.2, 0) is 0 Å². The first-order chi connectivity index (χ1) is 10.1. The molecule has 4 nitrogen and oxygen atoms in total. The maximum Gasteiger partial charge on any atom is 0.336 e. The molecule has 0 saturated heterocycles. The number of hydrogen-bond donors (Lipinski definition) is 2. The summed E-state index contributed by atoms with van der Waals surface area (Å²) in [5, 5.41) is 20.0. The van der Waals surface area contributed by atoms with Crippen LogP contribution < -0.4 is 4.74 Å². The SMILES string of the molecule is O=C(O)c1cc(Oc2ccc(O)cc2)cc2ccccc12. The van der Waals surface area contributed by atoms with Gasteiger partial charge < -0.3 is 14.9 Å². The zero-order valence-corrected chi connectivity index (χ0v) is 11.0. The Balaban J connectivity index is 2.06. The maximum absolute atomic E-state index is 11.4. The third-order valence-electron chi connectivity index (χ3n) is 3.14. The normalized spacial score (nSPS) is 10.5. The molecule has 0 bridgehead atoms. The fourth-order valence-corrected chi connectivity index (χ4v) is 2.17. The first-order valence-corrected chi connectivity index (χ1v) is 6.36. The number of carboxylic acids is 1. The molecule has 0 radical (unpaired) electrons. The second kappa shape index (κ2) is 5.17. The quantitative estimate of drug-likeness (QED) is 0.760. The van der Waals surface area contributed by atoms with Crippen molar-refractivity contribution in [3.05, 3.63) is 66.2 Å². The van der Waals surface area contributed by atoms with Gasteiger partial charge in [-0.3, -0.25) is 0 Å². The van der Waals surface area contributed by atoms with Gasteiger partial charge >= 0.3 is 5.97 Å². The van der Waals surface area contributed by atoms with Crippen LogP contribution in [0.1, 0.15) is 10.4 Å². The van der Waals surface area contributed by atoms with E-state index in [1.54, 1.807) is 30.3 Å². The van der Waals surface area contributed by atoms with Crippen molar-refractivity contribution in [2.24, 2.45) is 0 Å². The average Bonchev–Trinajstić information content (AvgIpc) is 2.48. The predicted molar refractivity (Wildman–Crippen MR) is 79.1 cm³/mol. The van der Waals surface area contributed by atoms with Gasteiger partial charge in [-0.25, -0.2) is 4.79 Å². The van der Waals surface area contributed by atoms with E-state index < -0.39 is 5.97 Å². The van der Waals surface area contributed by atoms with E-state index in [2.05, 4.69) is 0 Å². The Morgan fingerprint density at radius 1 is 0.905 bits per heavy atom. The fraction of sp³-hybridized carbons (Fsp3) is 0. The van der Waals surface area contributed by atoms with Crippen molar-refractivity contribution in [1.82, 2.24) is 0 Å². The molecule has 0 aliphatic rings. The molecule has 3 aromatic carbocycles. The molecule has 3 rings (SSSR count). The van der Waals surface area contributed by atoms with Gasteiger partial charge in [-0.1, -0.05) is 24.3 Å². The first kappa shape index (κ1) is 13.0. The summed E-state index contributed by atoms with van der Waals surface area (Å²) >= 11 is 0. The summed E-state index contributed by atoms with van der Waals surface area (Å²) in [5.41, 5.74) is 0.196. The maximum atomic E-state index is 11.4. The summed E-state index contributed by atoms with van der Waals surface area (Å²) in [7, 11) is 0. The lowest BCUT2D eigenvalue weighted by Gasteiger charge is -2.09. The van der Waals surface area contributed by atoms with E-state index in [1.165, 1.54) is 18.2 Å². The van der Waals surface area contributed by atoms with Crippen LogP contribution in [0.2, 0.25) is 0 Å². The summed E-state index contributed by atoms with van der Waals surface area (Å²) in [6.45, 7) is 0. The standard InChI is InChI=1S/C17H12O4/c18-12-5-7-13(8-6-12)21-14-9-11-3-1-2-4-15(11)16(10-14)17(19)20/h1-10,18H,(H,19,20). The molecule has 0 aliphatic carbocycles. The second-order valence-corrected chi connectivity index (χ2v) is 4.59. The van der Waals surface area contributed by atoms with E-state index in [1.807, 2.05) is 12.1 Å². The minimum Gasteiger partial charge on any atom is -0.508 e. The molecule has 4 heteroatoms. The minimum absolute atomic E-state index is 0.145. The molecule has 2 N–H and O–H groups in total. The number of fused-ring (bicyclic) bond motifs is 1. The van der Waals surface area contributed by atoms with Gasteiger partial charge in [-0.2, -0.15) is 0 Å². The summed E-state index contributed by atoms with van der Waals surface area (Å²) in [6.07, 6.45) is 0. The summed E-state index contributed by atoms with van der Waals surface area (Å²) < 4.78 is 5.66. The van der Waals surface area contributed by atoms with Crippen molar-refractivity contribution in [1.29, 1.82) is 0 Å². The first-order valence-electron chi connectivity index (χ1n) is 6.36. The molecule has 21 heavy (non-hydrogen) atoms. The predicted octanol–water partition coefficient (Wildman–Crippen LogP) is 4.04. The molecule has 0 atom stereocenters. The Morgan fingerprint density at radius 3 is 2.33 bits per heavy atom. The highest BCUT2D eigenvalue weighted by molar-refractivity contribution is 6.04. The second-order valence-electron chi connectivity index (χ2n) is 4.59. The molecule has 0 fully saturated rings. The number of aromatic carboxylic acids is 1. The largest absolute Gasteiger partial charge is 0.508 e. The van der Waals surface area contributed by atoms with Crippen LogP contribution in [0, 0.1) is 0 Å². The molecule has 0 aliphatic heterocycles. The van der Waals surface area contributed by atoms with Crippen molar-refractivity contribution in [2.45, 2.75) is 0 Å². The zero-order valence-electron chi connectivity index (χ0n) is 11.0. The average molecular weight is 280 g/mol. The Bertz CT molecular complexity index is 807. The Morgan fingerprint density at radius 2 is 1.62 bits per heavy atom. The Kier molecular flexibility index (Phi) is 3.20. The van der Waals surface area contributed by atoms with Gasteiger partial charge in [0.25, 0.3) is 0 Å². The number of phenolic OH excluding ortho intramolecular Hbond substituents is 1. The molecule has 0 spiro atoms.